The van der Waals surface area contributed by atoms with Crippen LogP contribution in [0.3, 0.4) is 0 Å². The molecule has 0 bridgehead atoms. The molecule has 0 fully saturated rings. The van der Waals surface area contributed by atoms with Crippen LogP contribution in [-0.2, 0) is 20.8 Å². The summed E-state index contributed by atoms with van der Waals surface area (Å²) in [7, 11) is 0. The third-order valence-corrected chi connectivity index (χ3v) is 4.14. The monoisotopic (exact) mass is 398 g/mol. The van der Waals surface area contributed by atoms with Crippen LogP contribution in [0.2, 0.25) is 0 Å². The van der Waals surface area contributed by atoms with Gasteiger partial charge in [0.05, 0.1) is 0 Å². The van der Waals surface area contributed by atoms with Crippen LogP contribution in [0.5, 0.6) is 0 Å². The minimum atomic E-state index is -1.18. The number of halogens is 1. The van der Waals surface area contributed by atoms with Crippen molar-refractivity contribution in [2.24, 2.45) is 0 Å². The van der Waals surface area contributed by atoms with Crippen LogP contribution in [0.25, 0.3) is 6.08 Å². The van der Waals surface area contributed by atoms with Crippen molar-refractivity contribution in [1.29, 1.82) is 0 Å². The Labute approximate surface area is 168 Å². The molecule has 7 heteroatoms. The van der Waals surface area contributed by atoms with Gasteiger partial charge < -0.3 is 15.7 Å². The summed E-state index contributed by atoms with van der Waals surface area (Å²) in [6, 6.07) is 12.8. The van der Waals surface area contributed by atoms with Gasteiger partial charge in [0.15, 0.2) is 0 Å². The third kappa shape index (κ3) is 7.57. The van der Waals surface area contributed by atoms with Crippen molar-refractivity contribution in [3.8, 4) is 0 Å². The normalized spacial score (nSPS) is 12.9. The van der Waals surface area contributed by atoms with Gasteiger partial charge in [-0.1, -0.05) is 54.6 Å². The fourth-order valence-electron chi connectivity index (χ4n) is 2.71. The second-order valence-electron chi connectivity index (χ2n) is 6.53. The molecule has 2 amide bonds. The lowest BCUT2D eigenvalue weighted by atomic mass is 10.0. The lowest BCUT2D eigenvalue weighted by Crippen LogP contribution is -2.52. The largest absolute Gasteiger partial charge is 0.480 e. The molecular weight excluding hydrogens is 375 g/mol. The molecule has 2 atom stereocenters. The van der Waals surface area contributed by atoms with Crippen molar-refractivity contribution in [3.05, 3.63) is 77.6 Å². The molecule has 0 aliphatic rings. The van der Waals surface area contributed by atoms with Crippen LogP contribution >= 0.6 is 0 Å². The van der Waals surface area contributed by atoms with E-state index in [0.717, 1.165) is 5.56 Å². The number of benzene rings is 2. The van der Waals surface area contributed by atoms with Crippen molar-refractivity contribution < 1.29 is 23.9 Å². The Hall–Kier alpha value is -3.48. The van der Waals surface area contributed by atoms with Crippen LogP contribution in [0.4, 0.5) is 4.39 Å². The highest BCUT2D eigenvalue weighted by molar-refractivity contribution is 5.90. The fourth-order valence-corrected chi connectivity index (χ4v) is 2.71. The average molecular weight is 398 g/mol. The van der Waals surface area contributed by atoms with Crippen LogP contribution in [0, 0.1) is 5.82 Å². The Bertz CT molecular complexity index is 866. The van der Waals surface area contributed by atoms with Crippen molar-refractivity contribution in [2.45, 2.75) is 31.8 Å². The first-order valence-electron chi connectivity index (χ1n) is 9.11. The molecule has 2 rings (SSSR count). The highest BCUT2D eigenvalue weighted by Crippen LogP contribution is 2.08. The Balaban J connectivity index is 2.04. The molecule has 0 saturated heterocycles. The zero-order valence-corrected chi connectivity index (χ0v) is 16.0. The standard InChI is InChI=1S/C22H23FN2O4/c1-15(26)24-20(14-17-10-12-18(23)13-11-17)21(27)25-19(22(28)29)9-5-8-16-6-3-2-4-7-16/h2-8,10-13,19-20H,9,14H2,1H3,(H,24,26)(H,25,27)(H,28,29)/b8-5+/t19-,20+/m0/s1. The van der Waals surface area contributed by atoms with E-state index in [1.807, 2.05) is 30.3 Å². The Morgan fingerprint density at radius 2 is 1.66 bits per heavy atom. The van der Waals surface area contributed by atoms with Gasteiger partial charge in [0.25, 0.3) is 0 Å². The molecule has 152 valence electrons. The summed E-state index contributed by atoms with van der Waals surface area (Å²) in [6.45, 7) is 1.27. The zero-order chi connectivity index (χ0) is 21.2. The molecule has 0 aromatic heterocycles. The predicted octanol–water partition coefficient (Wildman–Crippen LogP) is 2.55. The maximum absolute atomic E-state index is 13.1. The SMILES string of the molecule is CC(=O)N[C@H](Cc1ccc(F)cc1)C(=O)N[C@@H](C/C=C/c1ccccc1)C(=O)O. The van der Waals surface area contributed by atoms with E-state index in [2.05, 4.69) is 10.6 Å². The number of carbonyl (C=O) groups is 3. The maximum Gasteiger partial charge on any atom is 0.326 e. The highest BCUT2D eigenvalue weighted by atomic mass is 19.1. The molecule has 0 spiro atoms. The van der Waals surface area contributed by atoms with E-state index in [-0.39, 0.29) is 12.8 Å². The zero-order valence-electron chi connectivity index (χ0n) is 16.0. The molecule has 0 aliphatic heterocycles. The Morgan fingerprint density at radius 3 is 2.24 bits per heavy atom. The van der Waals surface area contributed by atoms with E-state index in [4.69, 9.17) is 0 Å². The van der Waals surface area contributed by atoms with Gasteiger partial charge in [0, 0.05) is 13.3 Å². The predicted molar refractivity (Wildman–Crippen MR) is 107 cm³/mol. The lowest BCUT2D eigenvalue weighted by Gasteiger charge is -2.20. The minimum Gasteiger partial charge on any atom is -0.480 e. The Morgan fingerprint density at radius 1 is 1.00 bits per heavy atom. The van der Waals surface area contributed by atoms with Gasteiger partial charge in [-0.25, -0.2) is 9.18 Å². The average Bonchev–Trinajstić information content (AvgIpc) is 2.68. The number of nitrogens with one attached hydrogen (secondary N) is 2. The molecule has 0 aliphatic carbocycles. The van der Waals surface area contributed by atoms with Crippen LogP contribution in [-0.4, -0.2) is 35.0 Å². The van der Waals surface area contributed by atoms with E-state index in [0.29, 0.717) is 5.56 Å². The number of aliphatic carboxylic acids is 1. The fraction of sp³-hybridized carbons (Fsp3) is 0.227. The summed E-state index contributed by atoms with van der Waals surface area (Å²) < 4.78 is 13.1. The number of hydrogen-bond acceptors (Lipinski definition) is 3. The molecule has 29 heavy (non-hydrogen) atoms. The summed E-state index contributed by atoms with van der Waals surface area (Å²) in [4.78, 5) is 35.6. The quantitative estimate of drug-likeness (QED) is 0.605. The molecule has 2 aromatic carbocycles. The van der Waals surface area contributed by atoms with Crippen molar-refractivity contribution >= 4 is 23.9 Å². The van der Waals surface area contributed by atoms with Crippen molar-refractivity contribution in [1.82, 2.24) is 10.6 Å². The molecule has 0 heterocycles. The van der Waals surface area contributed by atoms with E-state index in [1.54, 1.807) is 12.2 Å². The number of carboxylic acid groups (broad SMARTS) is 1. The number of carbonyl (C=O) groups excluding carboxylic acids is 2. The second-order valence-corrected chi connectivity index (χ2v) is 6.53. The number of hydrogen-bond donors (Lipinski definition) is 3. The molecule has 3 N–H and O–H groups in total. The first-order chi connectivity index (χ1) is 13.8. The smallest absolute Gasteiger partial charge is 0.326 e. The highest BCUT2D eigenvalue weighted by Gasteiger charge is 2.25. The van der Waals surface area contributed by atoms with Gasteiger partial charge in [-0.3, -0.25) is 9.59 Å². The number of carboxylic acids is 1. The molecule has 0 radical (unpaired) electrons. The van der Waals surface area contributed by atoms with E-state index in [9.17, 15) is 23.9 Å². The topological polar surface area (TPSA) is 95.5 Å². The van der Waals surface area contributed by atoms with Crippen molar-refractivity contribution in [3.63, 3.8) is 0 Å². The molecular formula is C22H23FN2O4. The van der Waals surface area contributed by atoms with Gasteiger partial charge in [0.1, 0.15) is 17.9 Å². The van der Waals surface area contributed by atoms with Gasteiger partial charge in [-0.05, 0) is 29.7 Å². The molecule has 2 aromatic rings. The van der Waals surface area contributed by atoms with Gasteiger partial charge in [-0.15, -0.1) is 0 Å². The summed E-state index contributed by atoms with van der Waals surface area (Å²) in [5, 5.41) is 14.4. The van der Waals surface area contributed by atoms with Gasteiger partial charge in [-0.2, -0.15) is 0 Å². The molecule has 0 unspecified atom stereocenters. The number of rotatable bonds is 9. The summed E-state index contributed by atoms with van der Waals surface area (Å²) in [5.74, 6) is -2.64. The maximum atomic E-state index is 13.1. The summed E-state index contributed by atoms with van der Waals surface area (Å²) in [5.41, 5.74) is 1.55. The van der Waals surface area contributed by atoms with E-state index >= 15 is 0 Å². The van der Waals surface area contributed by atoms with E-state index in [1.165, 1.54) is 31.2 Å². The van der Waals surface area contributed by atoms with E-state index < -0.39 is 35.7 Å². The van der Waals surface area contributed by atoms with Gasteiger partial charge in [0.2, 0.25) is 11.8 Å². The van der Waals surface area contributed by atoms with Crippen LogP contribution in [0.15, 0.2) is 60.7 Å². The molecule has 6 nitrogen and oxygen atoms in total. The van der Waals surface area contributed by atoms with Crippen LogP contribution < -0.4 is 10.6 Å². The van der Waals surface area contributed by atoms with Crippen LogP contribution in [0.1, 0.15) is 24.5 Å². The second kappa shape index (κ2) is 10.8. The summed E-state index contributed by atoms with van der Waals surface area (Å²) in [6.07, 6.45) is 3.63. The third-order valence-electron chi connectivity index (χ3n) is 4.14. The number of amides is 2. The van der Waals surface area contributed by atoms with Gasteiger partial charge >= 0.3 is 5.97 Å². The molecule has 0 saturated carbocycles. The summed E-state index contributed by atoms with van der Waals surface area (Å²) >= 11 is 0. The lowest BCUT2D eigenvalue weighted by molar-refractivity contribution is -0.142. The Kier molecular flexibility index (Phi) is 8.09. The first kappa shape index (κ1) is 21.8. The first-order valence-corrected chi connectivity index (χ1v) is 9.11. The minimum absolute atomic E-state index is 0.0826. The van der Waals surface area contributed by atoms with Crippen molar-refractivity contribution in [2.75, 3.05) is 0 Å².